The summed E-state index contributed by atoms with van der Waals surface area (Å²) in [5.74, 6) is 0.651. The quantitative estimate of drug-likeness (QED) is 0.704. The number of likely N-dealkylation sites (tertiary alicyclic amines) is 1. The molecule has 1 fully saturated rings. The summed E-state index contributed by atoms with van der Waals surface area (Å²) in [6, 6.07) is 9.20. The zero-order chi connectivity index (χ0) is 19.5. The van der Waals surface area contributed by atoms with Crippen molar-refractivity contribution in [3.63, 3.8) is 0 Å². The minimum Gasteiger partial charge on any atom is -0.484 e. The van der Waals surface area contributed by atoms with E-state index in [1.165, 1.54) is 6.26 Å². The molecule has 0 saturated carbocycles. The highest BCUT2D eigenvalue weighted by Crippen LogP contribution is 2.20. The Balaban J connectivity index is 1.34. The van der Waals surface area contributed by atoms with Crippen LogP contribution in [0.3, 0.4) is 0 Å². The number of nitrogens with one attached hydrogen (secondary N) is 1. The molecule has 0 radical (unpaired) electrons. The van der Waals surface area contributed by atoms with Gasteiger partial charge in [0.25, 0.3) is 5.91 Å². The number of likely N-dealkylation sites (N-methyl/N-ethyl adjacent to an activating group) is 1. The maximum Gasteiger partial charge on any atom is 0.273 e. The predicted octanol–water partition coefficient (Wildman–Crippen LogP) is 2.15. The molecule has 1 saturated heterocycles. The van der Waals surface area contributed by atoms with Crippen LogP contribution in [0, 0.1) is 0 Å². The van der Waals surface area contributed by atoms with Crippen molar-refractivity contribution in [3.05, 3.63) is 54.4 Å². The Morgan fingerprint density at radius 2 is 2.29 bits per heavy atom. The fraction of sp³-hybridized carbons (Fsp3) is 0.300. The molecule has 2 amide bonds. The number of benzene rings is 1. The number of nitrogens with zero attached hydrogens (tertiary/aromatic N) is 3. The van der Waals surface area contributed by atoms with Crippen LogP contribution in [0.5, 0.6) is 5.75 Å². The number of carbonyl (C=O) groups is 2. The topological polar surface area (TPSA) is 97.6 Å². The lowest BCUT2D eigenvalue weighted by atomic mass is 10.2. The second-order valence-corrected chi connectivity index (χ2v) is 6.58. The lowest BCUT2D eigenvalue weighted by molar-refractivity contribution is -0.127. The third-order valence-corrected chi connectivity index (χ3v) is 4.65. The molecule has 3 heterocycles. The van der Waals surface area contributed by atoms with Crippen molar-refractivity contribution < 1.29 is 18.7 Å². The highest BCUT2D eigenvalue weighted by molar-refractivity contribution is 5.93. The third kappa shape index (κ3) is 3.80. The summed E-state index contributed by atoms with van der Waals surface area (Å²) in [4.78, 5) is 34.2. The number of carbonyl (C=O) groups excluding carboxylic acids is 2. The van der Waals surface area contributed by atoms with Gasteiger partial charge in [0.15, 0.2) is 12.3 Å². The van der Waals surface area contributed by atoms with Crippen molar-refractivity contribution in [2.24, 2.45) is 0 Å². The van der Waals surface area contributed by atoms with Gasteiger partial charge in [-0.05, 0) is 31.2 Å². The number of hydrogen-bond acceptors (Lipinski definition) is 6. The smallest absolute Gasteiger partial charge is 0.273 e. The van der Waals surface area contributed by atoms with E-state index >= 15 is 0 Å². The van der Waals surface area contributed by atoms with Crippen LogP contribution in [0.15, 0.2) is 47.2 Å². The van der Waals surface area contributed by atoms with E-state index in [2.05, 4.69) is 15.3 Å². The Kier molecular flexibility index (Phi) is 4.92. The Morgan fingerprint density at radius 3 is 3.11 bits per heavy atom. The number of rotatable bonds is 6. The SMILES string of the molecule is CCN1C[C@@H](NC(=O)c2coc(COc3ccc4ncccc4c3)n2)CC1=O. The molecule has 8 heteroatoms. The average Bonchev–Trinajstić information content (AvgIpc) is 3.32. The minimum atomic E-state index is -0.359. The fourth-order valence-corrected chi connectivity index (χ4v) is 3.20. The van der Waals surface area contributed by atoms with E-state index in [9.17, 15) is 9.59 Å². The summed E-state index contributed by atoms with van der Waals surface area (Å²) in [5, 5.41) is 3.80. The maximum atomic E-state index is 12.3. The van der Waals surface area contributed by atoms with Gasteiger partial charge in [0, 0.05) is 31.1 Å². The van der Waals surface area contributed by atoms with Crippen LogP contribution in [0.4, 0.5) is 0 Å². The molecule has 1 aliphatic heterocycles. The van der Waals surface area contributed by atoms with Gasteiger partial charge in [0.1, 0.15) is 12.0 Å². The summed E-state index contributed by atoms with van der Waals surface area (Å²) >= 11 is 0. The summed E-state index contributed by atoms with van der Waals surface area (Å²) in [7, 11) is 0. The standard InChI is InChI=1S/C20H20N4O4/c1-2-24-10-14(9-19(24)25)22-20(26)17-11-28-18(23-17)12-27-15-5-6-16-13(8-15)4-3-7-21-16/h3-8,11,14H,2,9-10,12H2,1H3,(H,22,26)/t14-/m0/s1. The lowest BCUT2D eigenvalue weighted by Crippen LogP contribution is -2.37. The Morgan fingerprint density at radius 1 is 1.39 bits per heavy atom. The van der Waals surface area contributed by atoms with Crippen LogP contribution >= 0.6 is 0 Å². The molecular formula is C20H20N4O4. The molecule has 3 aromatic rings. The molecule has 4 rings (SSSR count). The Hall–Kier alpha value is -3.42. The van der Waals surface area contributed by atoms with E-state index in [1.54, 1.807) is 11.1 Å². The van der Waals surface area contributed by atoms with Crippen molar-refractivity contribution >= 4 is 22.7 Å². The van der Waals surface area contributed by atoms with E-state index in [4.69, 9.17) is 9.15 Å². The van der Waals surface area contributed by atoms with Crippen LogP contribution in [0.2, 0.25) is 0 Å². The summed E-state index contributed by atoms with van der Waals surface area (Å²) in [6.07, 6.45) is 3.35. The van der Waals surface area contributed by atoms with Crippen molar-refractivity contribution in [2.45, 2.75) is 26.0 Å². The number of amides is 2. The van der Waals surface area contributed by atoms with Gasteiger partial charge in [-0.1, -0.05) is 6.07 Å². The molecule has 8 nitrogen and oxygen atoms in total. The molecule has 1 N–H and O–H groups in total. The van der Waals surface area contributed by atoms with Gasteiger partial charge in [0.2, 0.25) is 11.8 Å². The predicted molar refractivity (Wildman–Crippen MR) is 101 cm³/mol. The molecule has 0 aliphatic carbocycles. The normalized spacial score (nSPS) is 16.5. The first-order valence-corrected chi connectivity index (χ1v) is 9.13. The van der Waals surface area contributed by atoms with E-state index in [-0.39, 0.29) is 30.2 Å². The molecule has 0 spiro atoms. The summed E-state index contributed by atoms with van der Waals surface area (Å²) < 4.78 is 11.0. The van der Waals surface area contributed by atoms with Crippen molar-refractivity contribution in [1.82, 2.24) is 20.2 Å². The number of aromatic nitrogens is 2. The van der Waals surface area contributed by atoms with Gasteiger partial charge in [-0.2, -0.15) is 0 Å². The highest BCUT2D eigenvalue weighted by Gasteiger charge is 2.30. The monoisotopic (exact) mass is 380 g/mol. The first-order valence-electron chi connectivity index (χ1n) is 9.13. The van der Waals surface area contributed by atoms with Crippen LogP contribution < -0.4 is 10.1 Å². The largest absolute Gasteiger partial charge is 0.484 e. The maximum absolute atomic E-state index is 12.3. The van der Waals surface area contributed by atoms with E-state index in [0.29, 0.717) is 31.2 Å². The first kappa shape index (κ1) is 18.0. The van der Waals surface area contributed by atoms with Gasteiger partial charge < -0.3 is 19.4 Å². The number of fused-ring (bicyclic) bond motifs is 1. The molecule has 1 aliphatic rings. The zero-order valence-electron chi connectivity index (χ0n) is 15.4. The molecule has 2 aromatic heterocycles. The number of hydrogen-bond donors (Lipinski definition) is 1. The average molecular weight is 380 g/mol. The second-order valence-electron chi connectivity index (χ2n) is 6.58. The number of oxazole rings is 1. The molecule has 1 aromatic carbocycles. The molecular weight excluding hydrogens is 360 g/mol. The van der Waals surface area contributed by atoms with Crippen molar-refractivity contribution in [2.75, 3.05) is 13.1 Å². The Labute approximate surface area is 161 Å². The van der Waals surface area contributed by atoms with Gasteiger partial charge in [-0.25, -0.2) is 4.98 Å². The summed E-state index contributed by atoms with van der Waals surface area (Å²) in [5.41, 5.74) is 1.06. The second kappa shape index (κ2) is 7.67. The number of ether oxygens (including phenoxy) is 1. The van der Waals surface area contributed by atoms with Crippen LogP contribution in [0.25, 0.3) is 10.9 Å². The van der Waals surface area contributed by atoms with Crippen molar-refractivity contribution in [3.8, 4) is 5.75 Å². The lowest BCUT2D eigenvalue weighted by Gasteiger charge is -2.13. The van der Waals surface area contributed by atoms with Crippen LogP contribution in [-0.4, -0.2) is 45.8 Å². The third-order valence-electron chi connectivity index (χ3n) is 4.65. The molecule has 28 heavy (non-hydrogen) atoms. The van der Waals surface area contributed by atoms with E-state index < -0.39 is 0 Å². The zero-order valence-corrected chi connectivity index (χ0v) is 15.4. The summed E-state index contributed by atoms with van der Waals surface area (Å²) in [6.45, 7) is 3.18. The molecule has 1 atom stereocenters. The van der Waals surface area contributed by atoms with Crippen LogP contribution in [-0.2, 0) is 11.4 Å². The highest BCUT2D eigenvalue weighted by atomic mass is 16.5. The molecule has 0 bridgehead atoms. The van der Waals surface area contributed by atoms with Crippen molar-refractivity contribution in [1.29, 1.82) is 0 Å². The van der Waals surface area contributed by atoms with Gasteiger partial charge in [-0.3, -0.25) is 14.6 Å². The van der Waals surface area contributed by atoms with E-state index in [1.807, 2.05) is 37.3 Å². The number of pyridine rings is 1. The fourth-order valence-electron chi connectivity index (χ4n) is 3.20. The first-order chi connectivity index (χ1) is 13.6. The molecule has 144 valence electrons. The Bertz CT molecular complexity index is 1020. The van der Waals surface area contributed by atoms with E-state index in [0.717, 1.165) is 10.9 Å². The minimum absolute atomic E-state index is 0.0487. The molecule has 0 unspecified atom stereocenters. The van der Waals surface area contributed by atoms with Gasteiger partial charge in [0.05, 0.1) is 11.6 Å². The van der Waals surface area contributed by atoms with Gasteiger partial charge in [-0.15, -0.1) is 0 Å². The van der Waals surface area contributed by atoms with Gasteiger partial charge >= 0.3 is 0 Å². The van der Waals surface area contributed by atoms with Crippen LogP contribution in [0.1, 0.15) is 29.7 Å².